The Kier molecular flexibility index (Phi) is 6.80. The summed E-state index contributed by atoms with van der Waals surface area (Å²) in [7, 11) is 0. The van der Waals surface area contributed by atoms with Gasteiger partial charge in [0.05, 0.1) is 6.61 Å². The first-order chi connectivity index (χ1) is 11.7. The Morgan fingerprint density at radius 3 is 2.54 bits per heavy atom. The van der Waals surface area contributed by atoms with E-state index in [0.29, 0.717) is 24.5 Å². The summed E-state index contributed by atoms with van der Waals surface area (Å²) >= 11 is 0. The van der Waals surface area contributed by atoms with Crippen LogP contribution in [0.5, 0.6) is 5.75 Å². The van der Waals surface area contributed by atoms with Crippen LogP contribution < -0.4 is 4.74 Å². The van der Waals surface area contributed by atoms with Gasteiger partial charge in [0, 0.05) is 5.56 Å². The minimum absolute atomic E-state index is 0.303. The van der Waals surface area contributed by atoms with E-state index in [2.05, 4.69) is 44.7 Å². The molecule has 0 aliphatic heterocycles. The highest BCUT2D eigenvalue weighted by atomic mass is 16.5. The first kappa shape index (κ1) is 18.0. The molecule has 2 heteroatoms. The summed E-state index contributed by atoms with van der Waals surface area (Å²) in [6, 6.07) is 14.3. The molecule has 0 saturated carbocycles. The largest absolute Gasteiger partial charge is 0.493 e. The molecule has 126 valence electrons. The topological polar surface area (TPSA) is 26.3 Å². The lowest BCUT2D eigenvalue weighted by Crippen LogP contribution is -2.06. The minimum Gasteiger partial charge on any atom is -0.493 e. The Balaban J connectivity index is 2.11. The maximum Gasteiger partial charge on any atom is 0.150 e. The lowest BCUT2D eigenvalue weighted by Gasteiger charge is -2.18. The van der Waals surface area contributed by atoms with Crippen molar-refractivity contribution in [3.63, 3.8) is 0 Å². The van der Waals surface area contributed by atoms with Crippen molar-refractivity contribution >= 4 is 6.29 Å². The molecule has 2 aromatic carbocycles. The van der Waals surface area contributed by atoms with Crippen molar-refractivity contribution in [3.8, 4) is 5.75 Å². The average molecular weight is 322 g/mol. The molecule has 2 nitrogen and oxygen atoms in total. The quantitative estimate of drug-likeness (QED) is 0.353. The monoisotopic (exact) mass is 322 g/mol. The number of aryl methyl sites for hydroxylation is 1. The van der Waals surface area contributed by atoms with Gasteiger partial charge in [0.1, 0.15) is 12.0 Å². The highest BCUT2D eigenvalue weighted by molar-refractivity contribution is 5.76. The highest BCUT2D eigenvalue weighted by Crippen LogP contribution is 2.32. The number of allylic oxidation sites excluding steroid dienone is 1. The average Bonchev–Trinajstić information content (AvgIpc) is 2.60. The molecule has 0 saturated heterocycles. The summed E-state index contributed by atoms with van der Waals surface area (Å²) < 4.78 is 6.14. The normalized spacial score (nSPS) is 10.6. The summed E-state index contributed by atoms with van der Waals surface area (Å²) in [6.45, 7) is 8.73. The number of rotatable bonds is 9. The Bertz CT molecular complexity index is 672. The van der Waals surface area contributed by atoms with Gasteiger partial charge in [-0.25, -0.2) is 0 Å². The minimum atomic E-state index is 0.303. The van der Waals surface area contributed by atoms with Crippen LogP contribution in [0.1, 0.15) is 53.2 Å². The Labute approximate surface area is 145 Å². The molecule has 0 heterocycles. The standard InChI is InChI=1S/C22H26O2/c1-4-9-20-14-19(16-23)15-21(17(2)3)22(20)24-13-8-12-18-10-6-5-7-11-18/h4-7,10-11,14-17H,1,8-9,12-13H2,2-3H3. The van der Waals surface area contributed by atoms with E-state index in [-0.39, 0.29) is 0 Å². The highest BCUT2D eigenvalue weighted by Gasteiger charge is 2.14. The molecule has 0 spiro atoms. The molecule has 0 N–H and O–H groups in total. The van der Waals surface area contributed by atoms with Crippen LogP contribution >= 0.6 is 0 Å². The second-order valence-electron chi connectivity index (χ2n) is 6.30. The third kappa shape index (κ3) is 4.82. The Morgan fingerprint density at radius 1 is 1.17 bits per heavy atom. The van der Waals surface area contributed by atoms with Crippen LogP contribution in [-0.4, -0.2) is 12.9 Å². The third-order valence-corrected chi connectivity index (χ3v) is 4.04. The maximum atomic E-state index is 11.2. The van der Waals surface area contributed by atoms with Crippen molar-refractivity contribution in [2.75, 3.05) is 6.61 Å². The van der Waals surface area contributed by atoms with Gasteiger partial charge in [-0.1, -0.05) is 50.3 Å². The SMILES string of the molecule is C=CCc1cc(C=O)cc(C(C)C)c1OCCCc1ccccc1. The second-order valence-corrected chi connectivity index (χ2v) is 6.30. The molecule has 0 bridgehead atoms. The maximum absolute atomic E-state index is 11.2. The number of ether oxygens (including phenoxy) is 1. The number of benzene rings is 2. The molecular formula is C22H26O2. The van der Waals surface area contributed by atoms with E-state index in [0.717, 1.165) is 36.0 Å². The van der Waals surface area contributed by atoms with Crippen molar-refractivity contribution in [3.05, 3.63) is 77.4 Å². The molecule has 2 rings (SSSR count). The molecular weight excluding hydrogens is 296 g/mol. The van der Waals surface area contributed by atoms with E-state index in [1.165, 1.54) is 5.56 Å². The van der Waals surface area contributed by atoms with Gasteiger partial charge in [-0.05, 0) is 54.0 Å². The number of hydrogen-bond donors (Lipinski definition) is 0. The van der Waals surface area contributed by atoms with Gasteiger partial charge in [0.15, 0.2) is 0 Å². The fraction of sp³-hybridized carbons (Fsp3) is 0.318. The Hall–Kier alpha value is -2.35. The molecule has 24 heavy (non-hydrogen) atoms. The van der Waals surface area contributed by atoms with Crippen molar-refractivity contribution in [1.82, 2.24) is 0 Å². The van der Waals surface area contributed by atoms with Crippen molar-refractivity contribution < 1.29 is 9.53 Å². The summed E-state index contributed by atoms with van der Waals surface area (Å²) in [5.41, 5.74) is 4.16. The van der Waals surface area contributed by atoms with Gasteiger partial charge in [-0.2, -0.15) is 0 Å². The van der Waals surface area contributed by atoms with E-state index in [1.54, 1.807) is 0 Å². The molecule has 0 aliphatic rings. The zero-order valence-corrected chi connectivity index (χ0v) is 14.6. The van der Waals surface area contributed by atoms with Crippen LogP contribution in [0.4, 0.5) is 0 Å². The van der Waals surface area contributed by atoms with E-state index < -0.39 is 0 Å². The predicted molar refractivity (Wildman–Crippen MR) is 100 cm³/mol. The van der Waals surface area contributed by atoms with E-state index in [9.17, 15) is 4.79 Å². The molecule has 0 fully saturated rings. The molecule has 0 unspecified atom stereocenters. The summed E-state index contributed by atoms with van der Waals surface area (Å²) in [5, 5.41) is 0. The Morgan fingerprint density at radius 2 is 1.92 bits per heavy atom. The van der Waals surface area contributed by atoms with Gasteiger partial charge in [0.2, 0.25) is 0 Å². The number of carbonyl (C=O) groups is 1. The van der Waals surface area contributed by atoms with Crippen LogP contribution in [0, 0.1) is 0 Å². The first-order valence-electron chi connectivity index (χ1n) is 8.55. The molecule has 0 aromatic heterocycles. The number of carbonyl (C=O) groups excluding carboxylic acids is 1. The molecule has 2 aromatic rings. The smallest absolute Gasteiger partial charge is 0.150 e. The van der Waals surface area contributed by atoms with Crippen molar-refractivity contribution in [1.29, 1.82) is 0 Å². The lowest BCUT2D eigenvalue weighted by atomic mass is 9.95. The number of hydrogen-bond acceptors (Lipinski definition) is 2. The molecule has 0 amide bonds. The van der Waals surface area contributed by atoms with Gasteiger partial charge >= 0.3 is 0 Å². The van der Waals surface area contributed by atoms with Crippen LogP contribution in [-0.2, 0) is 12.8 Å². The van der Waals surface area contributed by atoms with E-state index in [1.807, 2.05) is 24.3 Å². The third-order valence-electron chi connectivity index (χ3n) is 4.04. The van der Waals surface area contributed by atoms with Crippen LogP contribution in [0.15, 0.2) is 55.1 Å². The van der Waals surface area contributed by atoms with E-state index in [4.69, 9.17) is 4.74 Å². The van der Waals surface area contributed by atoms with Gasteiger partial charge in [-0.3, -0.25) is 4.79 Å². The number of aldehydes is 1. The summed E-state index contributed by atoms with van der Waals surface area (Å²) in [5.74, 6) is 1.22. The van der Waals surface area contributed by atoms with Gasteiger partial charge in [-0.15, -0.1) is 6.58 Å². The zero-order chi connectivity index (χ0) is 17.4. The predicted octanol–water partition coefficient (Wildman–Crippen LogP) is 5.36. The summed E-state index contributed by atoms with van der Waals surface area (Å²) in [6.07, 6.45) is 5.42. The van der Waals surface area contributed by atoms with Gasteiger partial charge < -0.3 is 4.74 Å². The van der Waals surface area contributed by atoms with Crippen LogP contribution in [0.3, 0.4) is 0 Å². The summed E-state index contributed by atoms with van der Waals surface area (Å²) in [4.78, 5) is 11.2. The first-order valence-corrected chi connectivity index (χ1v) is 8.55. The second kappa shape index (κ2) is 9.07. The van der Waals surface area contributed by atoms with Crippen molar-refractivity contribution in [2.24, 2.45) is 0 Å². The zero-order valence-electron chi connectivity index (χ0n) is 14.6. The van der Waals surface area contributed by atoms with Crippen LogP contribution in [0.2, 0.25) is 0 Å². The lowest BCUT2D eigenvalue weighted by molar-refractivity contribution is 0.112. The molecule has 0 radical (unpaired) electrons. The fourth-order valence-corrected chi connectivity index (χ4v) is 2.81. The van der Waals surface area contributed by atoms with E-state index >= 15 is 0 Å². The van der Waals surface area contributed by atoms with Gasteiger partial charge in [0.25, 0.3) is 0 Å². The fourth-order valence-electron chi connectivity index (χ4n) is 2.81. The van der Waals surface area contributed by atoms with Crippen molar-refractivity contribution in [2.45, 2.75) is 39.0 Å². The van der Waals surface area contributed by atoms with Crippen LogP contribution in [0.25, 0.3) is 0 Å². The molecule has 0 atom stereocenters. The molecule has 0 aliphatic carbocycles.